The van der Waals surface area contributed by atoms with E-state index in [2.05, 4.69) is 5.32 Å². The standard InChI is InChI=1S/C11H23N3O/c1-14(2)8-7-11(15)13-10-6-4-3-5-9(10)12/h9-10H,3-8,12H2,1-2H3,(H,13,15)/t9-,10-/m1/s1. The zero-order valence-electron chi connectivity index (χ0n) is 9.83. The van der Waals surface area contributed by atoms with Gasteiger partial charge in [0.15, 0.2) is 0 Å². The summed E-state index contributed by atoms with van der Waals surface area (Å²) in [5, 5.41) is 3.03. The summed E-state index contributed by atoms with van der Waals surface area (Å²) in [6, 6.07) is 0.357. The number of rotatable bonds is 4. The van der Waals surface area contributed by atoms with Crippen molar-refractivity contribution >= 4 is 5.91 Å². The first kappa shape index (κ1) is 12.5. The van der Waals surface area contributed by atoms with Crippen LogP contribution >= 0.6 is 0 Å². The Bertz CT molecular complexity index is 206. The molecule has 1 saturated carbocycles. The topological polar surface area (TPSA) is 58.4 Å². The smallest absolute Gasteiger partial charge is 0.221 e. The van der Waals surface area contributed by atoms with Gasteiger partial charge in [0.1, 0.15) is 0 Å². The van der Waals surface area contributed by atoms with Crippen molar-refractivity contribution in [1.82, 2.24) is 10.2 Å². The molecule has 88 valence electrons. The van der Waals surface area contributed by atoms with Crippen LogP contribution in [0.4, 0.5) is 0 Å². The SMILES string of the molecule is CN(C)CCC(=O)N[C@@H]1CCCC[C@H]1N. The molecule has 0 bridgehead atoms. The maximum Gasteiger partial charge on any atom is 0.221 e. The van der Waals surface area contributed by atoms with Gasteiger partial charge in [-0.2, -0.15) is 0 Å². The van der Waals surface area contributed by atoms with Gasteiger partial charge in [-0.05, 0) is 26.9 Å². The normalized spacial score (nSPS) is 26.7. The van der Waals surface area contributed by atoms with Gasteiger partial charge >= 0.3 is 0 Å². The third-order valence-electron chi connectivity index (χ3n) is 2.95. The molecule has 1 fully saturated rings. The van der Waals surface area contributed by atoms with E-state index in [-0.39, 0.29) is 18.0 Å². The molecule has 1 aliphatic carbocycles. The minimum absolute atomic E-state index is 0.131. The Kier molecular flexibility index (Phi) is 5.05. The largest absolute Gasteiger partial charge is 0.352 e. The Morgan fingerprint density at radius 3 is 2.67 bits per heavy atom. The van der Waals surface area contributed by atoms with Crippen LogP contribution in [0.3, 0.4) is 0 Å². The Morgan fingerprint density at radius 1 is 1.40 bits per heavy atom. The molecule has 1 amide bonds. The summed E-state index contributed by atoms with van der Waals surface area (Å²) in [5.41, 5.74) is 5.96. The Hall–Kier alpha value is -0.610. The summed E-state index contributed by atoms with van der Waals surface area (Å²) >= 11 is 0. The average molecular weight is 213 g/mol. The van der Waals surface area contributed by atoms with Crippen molar-refractivity contribution in [2.24, 2.45) is 5.73 Å². The lowest BCUT2D eigenvalue weighted by Gasteiger charge is -2.29. The van der Waals surface area contributed by atoms with Gasteiger partial charge in [0, 0.05) is 25.0 Å². The van der Waals surface area contributed by atoms with Gasteiger partial charge in [-0.15, -0.1) is 0 Å². The lowest BCUT2D eigenvalue weighted by atomic mass is 9.91. The molecule has 0 aromatic rings. The van der Waals surface area contributed by atoms with Crippen molar-refractivity contribution in [1.29, 1.82) is 0 Å². The summed E-state index contributed by atoms with van der Waals surface area (Å²) < 4.78 is 0. The van der Waals surface area contributed by atoms with E-state index in [1.165, 1.54) is 12.8 Å². The van der Waals surface area contributed by atoms with Crippen LogP contribution in [0.25, 0.3) is 0 Å². The van der Waals surface area contributed by atoms with Crippen molar-refractivity contribution in [2.45, 2.75) is 44.2 Å². The first-order valence-corrected chi connectivity index (χ1v) is 5.79. The number of carbonyl (C=O) groups is 1. The van der Waals surface area contributed by atoms with Gasteiger partial charge in [-0.25, -0.2) is 0 Å². The predicted molar refractivity (Wildman–Crippen MR) is 61.5 cm³/mol. The van der Waals surface area contributed by atoms with Crippen molar-refractivity contribution in [3.63, 3.8) is 0 Å². The molecule has 3 N–H and O–H groups in total. The van der Waals surface area contributed by atoms with Crippen molar-refractivity contribution in [2.75, 3.05) is 20.6 Å². The molecule has 0 aromatic heterocycles. The Morgan fingerprint density at radius 2 is 2.07 bits per heavy atom. The molecule has 2 atom stereocenters. The van der Waals surface area contributed by atoms with Crippen LogP contribution in [0.1, 0.15) is 32.1 Å². The van der Waals surface area contributed by atoms with Crippen molar-refractivity contribution in [3.05, 3.63) is 0 Å². The lowest BCUT2D eigenvalue weighted by Crippen LogP contribution is -2.49. The van der Waals surface area contributed by atoms with E-state index in [4.69, 9.17) is 5.73 Å². The van der Waals surface area contributed by atoms with E-state index in [9.17, 15) is 4.79 Å². The van der Waals surface area contributed by atoms with Crippen LogP contribution in [-0.2, 0) is 4.79 Å². The molecule has 4 heteroatoms. The molecule has 0 unspecified atom stereocenters. The zero-order valence-corrected chi connectivity index (χ0v) is 9.83. The second-order valence-electron chi connectivity index (χ2n) is 4.68. The minimum Gasteiger partial charge on any atom is -0.352 e. The van der Waals surface area contributed by atoms with Crippen LogP contribution in [0.15, 0.2) is 0 Å². The van der Waals surface area contributed by atoms with Crippen LogP contribution < -0.4 is 11.1 Å². The fourth-order valence-electron chi connectivity index (χ4n) is 1.94. The molecule has 1 aliphatic rings. The Balaban J connectivity index is 2.24. The summed E-state index contributed by atoms with van der Waals surface area (Å²) in [7, 11) is 3.94. The fraction of sp³-hybridized carbons (Fsp3) is 0.909. The molecule has 0 saturated heterocycles. The number of nitrogens with zero attached hydrogens (tertiary/aromatic N) is 1. The molecule has 0 spiro atoms. The van der Waals surface area contributed by atoms with Gasteiger partial charge in [-0.1, -0.05) is 12.8 Å². The highest BCUT2D eigenvalue weighted by Gasteiger charge is 2.22. The summed E-state index contributed by atoms with van der Waals surface area (Å²) in [5.74, 6) is 0.131. The number of carbonyl (C=O) groups excluding carboxylic acids is 1. The maximum atomic E-state index is 11.6. The number of nitrogens with two attached hydrogens (primary N) is 1. The molecule has 0 heterocycles. The van der Waals surface area contributed by atoms with Crippen LogP contribution in [-0.4, -0.2) is 43.5 Å². The number of hydrogen-bond donors (Lipinski definition) is 2. The number of amides is 1. The molecule has 0 aromatic carbocycles. The van der Waals surface area contributed by atoms with E-state index >= 15 is 0 Å². The number of hydrogen-bond acceptors (Lipinski definition) is 3. The molecule has 15 heavy (non-hydrogen) atoms. The summed E-state index contributed by atoms with van der Waals surface area (Å²) in [6.07, 6.45) is 5.03. The lowest BCUT2D eigenvalue weighted by molar-refractivity contribution is -0.122. The third-order valence-corrected chi connectivity index (χ3v) is 2.95. The molecule has 0 aliphatic heterocycles. The van der Waals surface area contributed by atoms with Crippen molar-refractivity contribution < 1.29 is 4.79 Å². The second kappa shape index (κ2) is 6.08. The molecular weight excluding hydrogens is 190 g/mol. The van der Waals surface area contributed by atoms with Gasteiger partial charge < -0.3 is 16.0 Å². The van der Waals surface area contributed by atoms with Crippen LogP contribution in [0, 0.1) is 0 Å². The molecular formula is C11H23N3O. The fourth-order valence-corrected chi connectivity index (χ4v) is 1.94. The van der Waals surface area contributed by atoms with E-state index in [0.29, 0.717) is 6.42 Å². The van der Waals surface area contributed by atoms with E-state index < -0.39 is 0 Å². The highest BCUT2D eigenvalue weighted by Crippen LogP contribution is 2.16. The first-order valence-electron chi connectivity index (χ1n) is 5.79. The summed E-state index contributed by atoms with van der Waals surface area (Å²) in [4.78, 5) is 13.6. The highest BCUT2D eigenvalue weighted by atomic mass is 16.1. The maximum absolute atomic E-state index is 11.6. The molecule has 1 rings (SSSR count). The van der Waals surface area contributed by atoms with E-state index in [1.807, 2.05) is 19.0 Å². The molecule has 4 nitrogen and oxygen atoms in total. The first-order chi connectivity index (χ1) is 7.09. The van der Waals surface area contributed by atoms with E-state index in [0.717, 1.165) is 19.4 Å². The monoisotopic (exact) mass is 213 g/mol. The van der Waals surface area contributed by atoms with Gasteiger partial charge in [0.2, 0.25) is 5.91 Å². The highest BCUT2D eigenvalue weighted by molar-refractivity contribution is 5.76. The van der Waals surface area contributed by atoms with Gasteiger partial charge in [0.25, 0.3) is 0 Å². The van der Waals surface area contributed by atoms with Crippen molar-refractivity contribution in [3.8, 4) is 0 Å². The molecule has 0 radical (unpaired) electrons. The zero-order chi connectivity index (χ0) is 11.3. The number of nitrogens with one attached hydrogen (secondary N) is 1. The summed E-state index contributed by atoms with van der Waals surface area (Å²) in [6.45, 7) is 0.799. The van der Waals surface area contributed by atoms with Gasteiger partial charge in [0.05, 0.1) is 0 Å². The quantitative estimate of drug-likeness (QED) is 0.707. The average Bonchev–Trinajstić information content (AvgIpc) is 2.18. The predicted octanol–water partition coefficient (Wildman–Crippen LogP) is 0.324. The third kappa shape index (κ3) is 4.62. The minimum atomic E-state index is 0.131. The van der Waals surface area contributed by atoms with Crippen LogP contribution in [0.5, 0.6) is 0 Å². The van der Waals surface area contributed by atoms with Gasteiger partial charge in [-0.3, -0.25) is 4.79 Å². The second-order valence-corrected chi connectivity index (χ2v) is 4.68. The van der Waals surface area contributed by atoms with E-state index in [1.54, 1.807) is 0 Å². The van der Waals surface area contributed by atoms with Crippen LogP contribution in [0.2, 0.25) is 0 Å². The Labute approximate surface area is 92.2 Å².